The second kappa shape index (κ2) is 4.05. The second-order valence-corrected chi connectivity index (χ2v) is 3.78. The van der Waals surface area contributed by atoms with E-state index in [1.165, 1.54) is 0 Å². The highest BCUT2D eigenvalue weighted by atomic mass is 16.4. The first-order chi connectivity index (χ1) is 9.16. The number of aromatic nitrogens is 3. The van der Waals surface area contributed by atoms with Crippen molar-refractivity contribution in [1.29, 1.82) is 0 Å². The number of hydrogen-bond acceptors (Lipinski definition) is 5. The SMILES string of the molecule is O=C(O)c1coc2c(=O)[nH]c(-c3ccncc3)nc12. The molecule has 3 aromatic heterocycles. The molecular weight excluding hydrogens is 250 g/mol. The van der Waals surface area contributed by atoms with Crippen molar-refractivity contribution in [2.75, 3.05) is 0 Å². The summed E-state index contributed by atoms with van der Waals surface area (Å²) >= 11 is 0. The molecule has 0 saturated carbocycles. The van der Waals surface area contributed by atoms with E-state index in [1.807, 2.05) is 0 Å². The molecule has 0 spiro atoms. The van der Waals surface area contributed by atoms with Gasteiger partial charge in [-0.1, -0.05) is 0 Å². The number of rotatable bonds is 2. The van der Waals surface area contributed by atoms with Gasteiger partial charge >= 0.3 is 5.97 Å². The van der Waals surface area contributed by atoms with E-state index in [4.69, 9.17) is 9.52 Å². The van der Waals surface area contributed by atoms with Crippen LogP contribution in [0.4, 0.5) is 0 Å². The number of carboxylic acid groups (broad SMARTS) is 1. The maximum Gasteiger partial charge on any atom is 0.341 e. The molecule has 0 aliphatic carbocycles. The first-order valence-corrected chi connectivity index (χ1v) is 5.32. The van der Waals surface area contributed by atoms with Crippen molar-refractivity contribution >= 4 is 17.1 Å². The predicted octanol–water partition coefficient (Wildman–Crippen LogP) is 1.28. The lowest BCUT2D eigenvalue weighted by Crippen LogP contribution is -2.09. The van der Waals surface area contributed by atoms with Gasteiger partial charge in [0.2, 0.25) is 5.58 Å². The van der Waals surface area contributed by atoms with E-state index in [2.05, 4.69) is 15.0 Å². The lowest BCUT2D eigenvalue weighted by atomic mass is 10.2. The quantitative estimate of drug-likeness (QED) is 0.715. The monoisotopic (exact) mass is 257 g/mol. The molecule has 0 amide bonds. The fraction of sp³-hybridized carbons (Fsp3) is 0. The fourth-order valence-electron chi connectivity index (χ4n) is 1.73. The van der Waals surface area contributed by atoms with Gasteiger partial charge in [0.1, 0.15) is 23.2 Å². The van der Waals surface area contributed by atoms with Crippen molar-refractivity contribution in [3.63, 3.8) is 0 Å². The minimum absolute atomic E-state index is 0.0306. The van der Waals surface area contributed by atoms with Gasteiger partial charge in [0, 0.05) is 18.0 Å². The van der Waals surface area contributed by atoms with Crippen molar-refractivity contribution in [2.24, 2.45) is 0 Å². The molecule has 0 radical (unpaired) electrons. The molecule has 19 heavy (non-hydrogen) atoms. The van der Waals surface area contributed by atoms with Gasteiger partial charge in [0.25, 0.3) is 5.56 Å². The van der Waals surface area contributed by atoms with E-state index in [0.717, 1.165) is 6.26 Å². The molecule has 3 aromatic rings. The van der Waals surface area contributed by atoms with E-state index >= 15 is 0 Å². The fourth-order valence-corrected chi connectivity index (χ4v) is 1.73. The third-order valence-electron chi connectivity index (χ3n) is 2.61. The minimum Gasteiger partial charge on any atom is -0.477 e. The summed E-state index contributed by atoms with van der Waals surface area (Å²) in [5.74, 6) is -0.929. The van der Waals surface area contributed by atoms with Crippen LogP contribution < -0.4 is 5.56 Å². The van der Waals surface area contributed by atoms with Crippen molar-refractivity contribution in [2.45, 2.75) is 0 Å². The topological polar surface area (TPSA) is 109 Å². The summed E-state index contributed by atoms with van der Waals surface area (Å²) in [5.41, 5.74) is -0.106. The normalized spacial score (nSPS) is 10.7. The zero-order valence-electron chi connectivity index (χ0n) is 9.45. The van der Waals surface area contributed by atoms with E-state index in [0.29, 0.717) is 5.56 Å². The van der Waals surface area contributed by atoms with Crippen molar-refractivity contribution in [3.8, 4) is 11.4 Å². The Bertz CT molecular complexity index is 820. The van der Waals surface area contributed by atoms with Gasteiger partial charge in [-0.05, 0) is 12.1 Å². The highest BCUT2D eigenvalue weighted by molar-refractivity contribution is 6.00. The van der Waals surface area contributed by atoms with Gasteiger partial charge < -0.3 is 14.5 Å². The molecule has 0 aromatic carbocycles. The molecule has 2 N–H and O–H groups in total. The van der Waals surface area contributed by atoms with Gasteiger partial charge in [-0.3, -0.25) is 9.78 Å². The first kappa shape index (κ1) is 11.1. The van der Waals surface area contributed by atoms with Crippen LogP contribution in [-0.4, -0.2) is 26.0 Å². The number of aromatic amines is 1. The molecule has 7 heteroatoms. The summed E-state index contributed by atoms with van der Waals surface area (Å²) in [5, 5.41) is 9.00. The van der Waals surface area contributed by atoms with Gasteiger partial charge in [0.15, 0.2) is 0 Å². The number of aromatic carboxylic acids is 1. The smallest absolute Gasteiger partial charge is 0.341 e. The summed E-state index contributed by atoms with van der Waals surface area (Å²) in [6.45, 7) is 0. The van der Waals surface area contributed by atoms with Crippen LogP contribution in [0, 0.1) is 0 Å². The van der Waals surface area contributed by atoms with Crippen LogP contribution in [0.1, 0.15) is 10.4 Å². The molecular formula is C12H7N3O4. The maximum absolute atomic E-state index is 11.8. The van der Waals surface area contributed by atoms with E-state index in [1.54, 1.807) is 24.5 Å². The second-order valence-electron chi connectivity index (χ2n) is 3.78. The molecule has 0 bridgehead atoms. The van der Waals surface area contributed by atoms with Crippen LogP contribution in [0.3, 0.4) is 0 Å². The maximum atomic E-state index is 11.8. The predicted molar refractivity (Wildman–Crippen MR) is 64.8 cm³/mol. The molecule has 0 unspecified atom stereocenters. The van der Waals surface area contributed by atoms with Gasteiger partial charge in [-0.2, -0.15) is 0 Å². The Hall–Kier alpha value is -2.96. The highest BCUT2D eigenvalue weighted by Gasteiger charge is 2.17. The van der Waals surface area contributed by atoms with Crippen LogP contribution in [0.5, 0.6) is 0 Å². The van der Waals surface area contributed by atoms with Gasteiger partial charge in [0.05, 0.1) is 0 Å². The number of carboxylic acids is 1. The number of fused-ring (bicyclic) bond motifs is 1. The van der Waals surface area contributed by atoms with Crippen molar-refractivity contribution in [3.05, 3.63) is 46.7 Å². The Kier molecular flexibility index (Phi) is 2.38. The number of hydrogen-bond donors (Lipinski definition) is 2. The molecule has 0 aliphatic rings. The van der Waals surface area contributed by atoms with Crippen molar-refractivity contribution in [1.82, 2.24) is 15.0 Å². The highest BCUT2D eigenvalue weighted by Crippen LogP contribution is 2.19. The molecule has 94 valence electrons. The summed E-state index contributed by atoms with van der Waals surface area (Å²) in [4.78, 5) is 33.4. The Morgan fingerprint density at radius 1 is 1.32 bits per heavy atom. The third-order valence-corrected chi connectivity index (χ3v) is 2.61. The number of nitrogens with zero attached hydrogens (tertiary/aromatic N) is 2. The number of nitrogens with one attached hydrogen (secondary N) is 1. The van der Waals surface area contributed by atoms with Gasteiger partial charge in [-0.15, -0.1) is 0 Å². The number of pyridine rings is 1. The molecule has 0 atom stereocenters. The summed E-state index contributed by atoms with van der Waals surface area (Å²) < 4.78 is 4.93. The summed E-state index contributed by atoms with van der Waals surface area (Å²) in [7, 11) is 0. The number of H-pyrrole nitrogens is 1. The lowest BCUT2D eigenvalue weighted by Gasteiger charge is -1.99. The molecule has 7 nitrogen and oxygen atoms in total. The van der Waals surface area contributed by atoms with Crippen LogP contribution in [0.2, 0.25) is 0 Å². The van der Waals surface area contributed by atoms with E-state index in [9.17, 15) is 9.59 Å². The van der Waals surface area contributed by atoms with Crippen LogP contribution in [0.25, 0.3) is 22.5 Å². The lowest BCUT2D eigenvalue weighted by molar-refractivity contribution is 0.0698. The zero-order chi connectivity index (χ0) is 13.4. The standard InChI is InChI=1S/C12H7N3O4/c16-11-9-8(7(5-19-9)12(17)18)14-10(15-11)6-1-3-13-4-2-6/h1-5H,(H,17,18)(H,14,15,16). The Labute approximate surface area is 105 Å². The molecule has 0 aliphatic heterocycles. The molecule has 3 heterocycles. The number of furan rings is 1. The summed E-state index contributed by atoms with van der Waals surface area (Å²) in [6.07, 6.45) is 4.10. The first-order valence-electron chi connectivity index (χ1n) is 5.32. The van der Waals surface area contributed by atoms with Crippen LogP contribution >= 0.6 is 0 Å². The summed E-state index contributed by atoms with van der Waals surface area (Å²) in [6, 6.07) is 3.31. The minimum atomic E-state index is -1.20. The van der Waals surface area contributed by atoms with Crippen molar-refractivity contribution < 1.29 is 14.3 Å². The third kappa shape index (κ3) is 1.77. The Morgan fingerprint density at radius 3 is 2.74 bits per heavy atom. The average Bonchev–Trinajstić information content (AvgIpc) is 2.84. The molecule has 3 rings (SSSR count). The molecule has 0 fully saturated rings. The van der Waals surface area contributed by atoms with E-state index < -0.39 is 11.5 Å². The largest absolute Gasteiger partial charge is 0.477 e. The Balaban J connectivity index is 2.32. The molecule has 0 saturated heterocycles. The van der Waals surface area contributed by atoms with Crippen LogP contribution in [0.15, 0.2) is 40.0 Å². The van der Waals surface area contributed by atoms with Gasteiger partial charge in [-0.25, -0.2) is 9.78 Å². The number of carbonyl (C=O) groups is 1. The zero-order valence-corrected chi connectivity index (χ0v) is 9.45. The average molecular weight is 257 g/mol. The Morgan fingerprint density at radius 2 is 2.05 bits per heavy atom. The van der Waals surface area contributed by atoms with Crippen LogP contribution in [-0.2, 0) is 0 Å². The van der Waals surface area contributed by atoms with E-state index in [-0.39, 0.29) is 22.5 Å².